The molecule has 0 aliphatic heterocycles. The smallest absolute Gasteiger partial charge is 0.118 e. The molecular formula is C15H20N2O. The fraction of sp³-hybridized carbons (Fsp3) is 0.333. The first kappa shape index (κ1) is 12.9. The fourth-order valence-corrected chi connectivity index (χ4v) is 1.98. The van der Waals surface area contributed by atoms with Crippen molar-refractivity contribution in [3.63, 3.8) is 0 Å². The van der Waals surface area contributed by atoms with E-state index in [9.17, 15) is 0 Å². The molecule has 0 aliphatic rings. The van der Waals surface area contributed by atoms with Gasteiger partial charge in [0.25, 0.3) is 0 Å². The van der Waals surface area contributed by atoms with E-state index in [1.54, 1.807) is 0 Å². The molecule has 0 bridgehead atoms. The molecule has 1 aromatic heterocycles. The summed E-state index contributed by atoms with van der Waals surface area (Å²) < 4.78 is 5.57. The van der Waals surface area contributed by atoms with Crippen LogP contribution in [0.15, 0.2) is 40.8 Å². The van der Waals surface area contributed by atoms with Crippen molar-refractivity contribution in [3.05, 3.63) is 59.0 Å². The van der Waals surface area contributed by atoms with E-state index in [1.807, 2.05) is 19.1 Å². The Morgan fingerprint density at radius 1 is 1.00 bits per heavy atom. The van der Waals surface area contributed by atoms with Crippen molar-refractivity contribution < 1.29 is 4.42 Å². The Balaban J connectivity index is 1.91. The van der Waals surface area contributed by atoms with Gasteiger partial charge in [-0.15, -0.1) is 0 Å². The molecule has 0 radical (unpaired) electrons. The average molecular weight is 244 g/mol. The Bertz CT molecular complexity index is 487. The monoisotopic (exact) mass is 244 g/mol. The van der Waals surface area contributed by atoms with Crippen molar-refractivity contribution in [3.8, 4) is 0 Å². The van der Waals surface area contributed by atoms with Gasteiger partial charge < -0.3 is 10.2 Å². The van der Waals surface area contributed by atoms with Gasteiger partial charge in [0.05, 0.1) is 6.54 Å². The molecule has 2 rings (SSSR count). The number of rotatable bonds is 5. The summed E-state index contributed by atoms with van der Waals surface area (Å²) in [5.74, 6) is 1.97. The van der Waals surface area contributed by atoms with Crippen LogP contribution in [0.4, 0.5) is 0 Å². The third-order valence-electron chi connectivity index (χ3n) is 2.93. The van der Waals surface area contributed by atoms with E-state index >= 15 is 0 Å². The van der Waals surface area contributed by atoms with Crippen LogP contribution in [0.25, 0.3) is 0 Å². The van der Waals surface area contributed by atoms with Gasteiger partial charge in [-0.05, 0) is 37.2 Å². The van der Waals surface area contributed by atoms with E-state index in [0.717, 1.165) is 24.6 Å². The van der Waals surface area contributed by atoms with Gasteiger partial charge in [0.2, 0.25) is 0 Å². The second-order valence-electron chi connectivity index (χ2n) is 4.71. The minimum Gasteiger partial charge on any atom is -0.465 e. The van der Waals surface area contributed by atoms with Crippen molar-refractivity contribution in [1.82, 2.24) is 4.90 Å². The Kier molecular flexibility index (Phi) is 4.18. The maximum Gasteiger partial charge on any atom is 0.118 e. The summed E-state index contributed by atoms with van der Waals surface area (Å²) in [5.41, 5.74) is 8.04. The maximum absolute atomic E-state index is 5.58. The van der Waals surface area contributed by atoms with Crippen molar-refractivity contribution in [2.45, 2.75) is 26.6 Å². The predicted octanol–water partition coefficient (Wildman–Crippen LogP) is 2.68. The first-order chi connectivity index (χ1) is 8.67. The van der Waals surface area contributed by atoms with Gasteiger partial charge in [0.1, 0.15) is 11.5 Å². The van der Waals surface area contributed by atoms with Gasteiger partial charge >= 0.3 is 0 Å². The highest BCUT2D eigenvalue weighted by atomic mass is 16.3. The Labute approximate surface area is 108 Å². The van der Waals surface area contributed by atoms with Crippen LogP contribution in [0.5, 0.6) is 0 Å². The third kappa shape index (κ3) is 3.45. The summed E-state index contributed by atoms with van der Waals surface area (Å²) in [6.07, 6.45) is 0. The zero-order valence-corrected chi connectivity index (χ0v) is 11.0. The van der Waals surface area contributed by atoms with E-state index in [0.29, 0.717) is 6.54 Å². The number of hydrogen-bond acceptors (Lipinski definition) is 3. The molecule has 0 aliphatic carbocycles. The molecule has 0 atom stereocenters. The van der Waals surface area contributed by atoms with E-state index in [2.05, 4.69) is 36.2 Å². The highest BCUT2D eigenvalue weighted by Crippen LogP contribution is 2.11. The van der Waals surface area contributed by atoms with Crippen LogP contribution in [-0.2, 0) is 19.6 Å². The van der Waals surface area contributed by atoms with Crippen molar-refractivity contribution in [2.75, 3.05) is 7.05 Å². The molecule has 2 aromatic rings. The van der Waals surface area contributed by atoms with Crippen LogP contribution in [0, 0.1) is 6.92 Å². The van der Waals surface area contributed by atoms with Crippen molar-refractivity contribution in [1.29, 1.82) is 0 Å². The quantitative estimate of drug-likeness (QED) is 0.879. The first-order valence-electron chi connectivity index (χ1n) is 6.19. The minimum atomic E-state index is 0.599. The molecule has 3 heteroatoms. The van der Waals surface area contributed by atoms with E-state index in [-0.39, 0.29) is 0 Å². The summed E-state index contributed by atoms with van der Waals surface area (Å²) in [5, 5.41) is 0. The minimum absolute atomic E-state index is 0.599. The third-order valence-corrected chi connectivity index (χ3v) is 2.93. The first-order valence-corrected chi connectivity index (χ1v) is 6.19. The number of aryl methyl sites for hydroxylation is 1. The van der Waals surface area contributed by atoms with Gasteiger partial charge in [-0.1, -0.05) is 24.3 Å². The molecule has 0 fully saturated rings. The van der Waals surface area contributed by atoms with Gasteiger partial charge in [-0.3, -0.25) is 4.90 Å². The number of nitrogens with zero attached hydrogens (tertiary/aromatic N) is 1. The largest absolute Gasteiger partial charge is 0.465 e. The molecule has 3 nitrogen and oxygen atoms in total. The molecule has 0 spiro atoms. The summed E-state index contributed by atoms with van der Waals surface area (Å²) in [7, 11) is 2.09. The zero-order valence-electron chi connectivity index (χ0n) is 11.0. The second kappa shape index (κ2) is 5.85. The molecule has 2 N–H and O–H groups in total. The lowest BCUT2D eigenvalue weighted by molar-refractivity contribution is 0.285. The lowest BCUT2D eigenvalue weighted by atomic mass is 10.1. The zero-order chi connectivity index (χ0) is 13.0. The van der Waals surface area contributed by atoms with Crippen molar-refractivity contribution in [2.24, 2.45) is 5.73 Å². The van der Waals surface area contributed by atoms with Gasteiger partial charge in [-0.2, -0.15) is 0 Å². The Morgan fingerprint density at radius 3 is 2.22 bits per heavy atom. The molecule has 0 saturated carbocycles. The van der Waals surface area contributed by atoms with Crippen LogP contribution < -0.4 is 5.73 Å². The molecule has 18 heavy (non-hydrogen) atoms. The molecule has 0 saturated heterocycles. The Hall–Kier alpha value is -1.58. The number of furan rings is 1. The van der Waals surface area contributed by atoms with Gasteiger partial charge in [0, 0.05) is 13.1 Å². The van der Waals surface area contributed by atoms with E-state index in [4.69, 9.17) is 10.2 Å². The summed E-state index contributed by atoms with van der Waals surface area (Å²) in [4.78, 5) is 2.23. The lowest BCUT2D eigenvalue weighted by Gasteiger charge is -2.15. The number of nitrogens with two attached hydrogens (primary N) is 1. The van der Waals surface area contributed by atoms with Crippen LogP contribution in [0.1, 0.15) is 22.6 Å². The summed E-state index contributed by atoms with van der Waals surface area (Å²) >= 11 is 0. The molecule has 96 valence electrons. The summed E-state index contributed by atoms with van der Waals surface area (Å²) in [6, 6.07) is 12.5. The van der Waals surface area contributed by atoms with Crippen LogP contribution in [0.3, 0.4) is 0 Å². The highest BCUT2D eigenvalue weighted by molar-refractivity contribution is 5.22. The highest BCUT2D eigenvalue weighted by Gasteiger charge is 2.04. The second-order valence-corrected chi connectivity index (χ2v) is 4.71. The Morgan fingerprint density at radius 2 is 1.67 bits per heavy atom. The van der Waals surface area contributed by atoms with Gasteiger partial charge in [0.15, 0.2) is 0 Å². The fourth-order valence-electron chi connectivity index (χ4n) is 1.98. The standard InChI is InChI=1S/C15H20N2O/c1-12-3-8-15(18-12)11-17(2)10-14-6-4-13(9-16)5-7-14/h3-8H,9-11,16H2,1-2H3. The lowest BCUT2D eigenvalue weighted by Crippen LogP contribution is -2.16. The molecular weight excluding hydrogens is 224 g/mol. The SMILES string of the molecule is Cc1ccc(CN(C)Cc2ccc(CN)cc2)o1. The van der Waals surface area contributed by atoms with Crippen LogP contribution in [-0.4, -0.2) is 11.9 Å². The van der Waals surface area contributed by atoms with E-state index < -0.39 is 0 Å². The van der Waals surface area contributed by atoms with Crippen LogP contribution in [0.2, 0.25) is 0 Å². The van der Waals surface area contributed by atoms with Gasteiger partial charge in [-0.25, -0.2) is 0 Å². The van der Waals surface area contributed by atoms with Crippen molar-refractivity contribution >= 4 is 0 Å². The number of benzene rings is 1. The van der Waals surface area contributed by atoms with E-state index in [1.165, 1.54) is 11.1 Å². The maximum atomic E-state index is 5.58. The molecule has 0 amide bonds. The topological polar surface area (TPSA) is 42.4 Å². The molecule has 0 unspecified atom stereocenters. The normalized spacial score (nSPS) is 11.1. The van der Waals surface area contributed by atoms with Crippen LogP contribution >= 0.6 is 0 Å². The molecule has 1 heterocycles. The summed E-state index contributed by atoms with van der Waals surface area (Å²) in [6.45, 7) is 4.30. The average Bonchev–Trinajstić information content (AvgIpc) is 2.75. The predicted molar refractivity (Wildman–Crippen MR) is 72.9 cm³/mol. The molecule has 1 aromatic carbocycles. The number of hydrogen-bond donors (Lipinski definition) is 1.